The molecule has 98 valence electrons. The van der Waals surface area contributed by atoms with E-state index >= 15 is 0 Å². The molecule has 1 atom stereocenters. The summed E-state index contributed by atoms with van der Waals surface area (Å²) in [4.78, 5) is 0. The summed E-state index contributed by atoms with van der Waals surface area (Å²) in [5.41, 5.74) is 5.68. The fourth-order valence-corrected chi connectivity index (χ4v) is 1.83. The van der Waals surface area contributed by atoms with E-state index in [0.717, 1.165) is 18.9 Å². The summed E-state index contributed by atoms with van der Waals surface area (Å²) in [6.07, 6.45) is 9.26. The van der Waals surface area contributed by atoms with Crippen molar-refractivity contribution in [3.63, 3.8) is 0 Å². The van der Waals surface area contributed by atoms with Gasteiger partial charge in [-0.05, 0) is 45.2 Å². The zero-order chi connectivity index (χ0) is 12.2. The van der Waals surface area contributed by atoms with E-state index < -0.39 is 0 Å². The van der Waals surface area contributed by atoms with Gasteiger partial charge in [0.05, 0.1) is 0 Å². The lowest BCUT2D eigenvalue weighted by Crippen LogP contribution is -2.20. The van der Waals surface area contributed by atoms with Crippen LogP contribution in [0, 0.1) is 5.92 Å². The smallest absolute Gasteiger partial charge is 0.00109 e. The number of hydrogen-bond acceptors (Lipinski definition) is 2. The Morgan fingerprint density at radius 3 is 2.06 bits per heavy atom. The van der Waals surface area contributed by atoms with E-state index in [1.54, 1.807) is 0 Å². The number of nitrogens with one attached hydrogen (secondary N) is 1. The second kappa shape index (κ2) is 11.4. The molecule has 0 aliphatic rings. The van der Waals surface area contributed by atoms with Crippen molar-refractivity contribution in [2.75, 3.05) is 13.1 Å². The van der Waals surface area contributed by atoms with Gasteiger partial charge >= 0.3 is 0 Å². The second-order valence-corrected chi connectivity index (χ2v) is 5.47. The van der Waals surface area contributed by atoms with Crippen LogP contribution in [0.1, 0.15) is 65.7 Å². The minimum absolute atomic E-state index is 0.359. The van der Waals surface area contributed by atoms with Gasteiger partial charge < -0.3 is 11.1 Å². The molecule has 0 aromatic heterocycles. The molecule has 0 heterocycles. The topological polar surface area (TPSA) is 38.0 Å². The van der Waals surface area contributed by atoms with E-state index in [1.165, 1.54) is 45.1 Å². The van der Waals surface area contributed by atoms with Gasteiger partial charge in [0.25, 0.3) is 0 Å². The normalized spacial score (nSPS) is 13.3. The molecular formula is C14H32N2. The Balaban J connectivity index is 2.93. The summed E-state index contributed by atoms with van der Waals surface area (Å²) in [6.45, 7) is 9.00. The standard InChI is InChI=1S/C14H32N2/c1-13(2)9-6-4-5-7-11-16-12-8-10-14(3)15/h13-14,16H,4-12,15H2,1-3H3. The highest BCUT2D eigenvalue weighted by Gasteiger charge is 1.95. The Morgan fingerprint density at radius 2 is 1.44 bits per heavy atom. The first-order chi connectivity index (χ1) is 7.63. The van der Waals surface area contributed by atoms with Crippen molar-refractivity contribution in [3.8, 4) is 0 Å². The maximum atomic E-state index is 5.68. The van der Waals surface area contributed by atoms with Gasteiger partial charge in [-0.3, -0.25) is 0 Å². The highest BCUT2D eigenvalue weighted by molar-refractivity contribution is 4.56. The molecule has 2 nitrogen and oxygen atoms in total. The third-order valence-electron chi connectivity index (χ3n) is 2.90. The molecule has 0 aromatic rings. The molecule has 0 radical (unpaired) electrons. The van der Waals surface area contributed by atoms with Gasteiger partial charge in [0.1, 0.15) is 0 Å². The summed E-state index contributed by atoms with van der Waals surface area (Å²) >= 11 is 0. The van der Waals surface area contributed by atoms with Crippen LogP contribution < -0.4 is 11.1 Å². The van der Waals surface area contributed by atoms with Crippen molar-refractivity contribution in [2.24, 2.45) is 11.7 Å². The molecule has 0 aromatic carbocycles. The molecule has 0 aliphatic heterocycles. The summed E-state index contributed by atoms with van der Waals surface area (Å²) in [5, 5.41) is 3.48. The first-order valence-corrected chi connectivity index (χ1v) is 7.09. The SMILES string of the molecule is CC(C)CCCCCCNCCCC(C)N. The average Bonchev–Trinajstić information content (AvgIpc) is 2.20. The average molecular weight is 228 g/mol. The number of rotatable bonds is 11. The Morgan fingerprint density at radius 1 is 0.812 bits per heavy atom. The fourth-order valence-electron chi connectivity index (χ4n) is 1.83. The van der Waals surface area contributed by atoms with Crippen LogP contribution in [-0.4, -0.2) is 19.1 Å². The zero-order valence-electron chi connectivity index (χ0n) is 11.6. The Kier molecular flexibility index (Phi) is 11.3. The predicted octanol–water partition coefficient (Wildman–Crippen LogP) is 3.31. The van der Waals surface area contributed by atoms with Crippen molar-refractivity contribution < 1.29 is 0 Å². The molecule has 0 aliphatic carbocycles. The van der Waals surface area contributed by atoms with Gasteiger partial charge in [0.15, 0.2) is 0 Å². The first-order valence-electron chi connectivity index (χ1n) is 7.09. The van der Waals surface area contributed by atoms with Crippen LogP contribution in [0.5, 0.6) is 0 Å². The Bertz CT molecular complexity index is 117. The molecule has 2 heteroatoms. The summed E-state index contributed by atoms with van der Waals surface area (Å²) in [6, 6.07) is 0.359. The van der Waals surface area contributed by atoms with Gasteiger partial charge in [-0.2, -0.15) is 0 Å². The maximum Gasteiger partial charge on any atom is 0.00109 e. The van der Waals surface area contributed by atoms with E-state index in [0.29, 0.717) is 6.04 Å². The molecular weight excluding hydrogens is 196 g/mol. The van der Waals surface area contributed by atoms with E-state index in [1.807, 2.05) is 0 Å². The van der Waals surface area contributed by atoms with Gasteiger partial charge in [-0.1, -0.05) is 39.5 Å². The van der Waals surface area contributed by atoms with Gasteiger partial charge in [0.2, 0.25) is 0 Å². The van der Waals surface area contributed by atoms with Crippen LogP contribution in [0.2, 0.25) is 0 Å². The molecule has 0 bridgehead atoms. The molecule has 0 fully saturated rings. The molecule has 0 saturated carbocycles. The van der Waals surface area contributed by atoms with Crippen molar-refractivity contribution in [3.05, 3.63) is 0 Å². The van der Waals surface area contributed by atoms with Crippen molar-refractivity contribution >= 4 is 0 Å². The Labute approximate surface area is 102 Å². The lowest BCUT2D eigenvalue weighted by Gasteiger charge is -2.07. The predicted molar refractivity (Wildman–Crippen MR) is 73.7 cm³/mol. The number of hydrogen-bond donors (Lipinski definition) is 2. The molecule has 0 saturated heterocycles. The Hall–Kier alpha value is -0.0800. The van der Waals surface area contributed by atoms with Gasteiger partial charge in [0, 0.05) is 6.04 Å². The summed E-state index contributed by atoms with van der Waals surface area (Å²) in [7, 11) is 0. The minimum atomic E-state index is 0.359. The van der Waals surface area contributed by atoms with E-state index in [2.05, 4.69) is 26.1 Å². The monoisotopic (exact) mass is 228 g/mol. The third-order valence-corrected chi connectivity index (χ3v) is 2.90. The molecule has 0 spiro atoms. The molecule has 1 unspecified atom stereocenters. The highest BCUT2D eigenvalue weighted by Crippen LogP contribution is 2.08. The van der Waals surface area contributed by atoms with Crippen molar-refractivity contribution in [1.82, 2.24) is 5.32 Å². The molecule has 0 amide bonds. The largest absolute Gasteiger partial charge is 0.328 e. The summed E-state index contributed by atoms with van der Waals surface area (Å²) < 4.78 is 0. The van der Waals surface area contributed by atoms with E-state index in [4.69, 9.17) is 5.73 Å². The highest BCUT2D eigenvalue weighted by atomic mass is 14.8. The lowest BCUT2D eigenvalue weighted by atomic mass is 10.0. The van der Waals surface area contributed by atoms with Crippen molar-refractivity contribution in [1.29, 1.82) is 0 Å². The first kappa shape index (κ1) is 15.9. The van der Waals surface area contributed by atoms with Crippen molar-refractivity contribution in [2.45, 2.75) is 71.8 Å². The number of nitrogens with two attached hydrogens (primary N) is 1. The fraction of sp³-hybridized carbons (Fsp3) is 1.00. The molecule has 16 heavy (non-hydrogen) atoms. The summed E-state index contributed by atoms with van der Waals surface area (Å²) in [5.74, 6) is 0.872. The molecule has 0 rings (SSSR count). The third kappa shape index (κ3) is 13.9. The maximum absolute atomic E-state index is 5.68. The minimum Gasteiger partial charge on any atom is -0.328 e. The van der Waals surface area contributed by atoms with Crippen LogP contribution in [0.25, 0.3) is 0 Å². The van der Waals surface area contributed by atoms with Gasteiger partial charge in [-0.25, -0.2) is 0 Å². The zero-order valence-corrected chi connectivity index (χ0v) is 11.6. The van der Waals surface area contributed by atoms with Crippen LogP contribution in [0.15, 0.2) is 0 Å². The van der Waals surface area contributed by atoms with Crippen LogP contribution in [-0.2, 0) is 0 Å². The number of unbranched alkanes of at least 4 members (excludes halogenated alkanes) is 3. The van der Waals surface area contributed by atoms with Crippen LogP contribution in [0.4, 0.5) is 0 Å². The van der Waals surface area contributed by atoms with Gasteiger partial charge in [-0.15, -0.1) is 0 Å². The lowest BCUT2D eigenvalue weighted by molar-refractivity contribution is 0.507. The van der Waals surface area contributed by atoms with E-state index in [-0.39, 0.29) is 0 Å². The quantitative estimate of drug-likeness (QED) is 0.532. The molecule has 3 N–H and O–H groups in total. The van der Waals surface area contributed by atoms with Crippen LogP contribution >= 0.6 is 0 Å². The van der Waals surface area contributed by atoms with Crippen LogP contribution in [0.3, 0.4) is 0 Å². The second-order valence-electron chi connectivity index (χ2n) is 5.47. The van der Waals surface area contributed by atoms with E-state index in [9.17, 15) is 0 Å².